The Hall–Kier alpha value is -3.23. The van der Waals surface area contributed by atoms with E-state index in [1.165, 1.54) is 18.5 Å². The summed E-state index contributed by atoms with van der Waals surface area (Å²) in [6, 6.07) is 8.21. The van der Waals surface area contributed by atoms with Gasteiger partial charge in [-0.1, -0.05) is 0 Å². The van der Waals surface area contributed by atoms with Crippen LogP contribution in [-0.4, -0.2) is 37.6 Å². The van der Waals surface area contributed by atoms with Gasteiger partial charge in [0.25, 0.3) is 11.5 Å². The van der Waals surface area contributed by atoms with Crippen LogP contribution in [-0.2, 0) is 0 Å². The summed E-state index contributed by atoms with van der Waals surface area (Å²) in [5.74, 6) is 1.37. The van der Waals surface area contributed by atoms with E-state index in [1.54, 1.807) is 16.6 Å². The Morgan fingerprint density at radius 3 is 2.70 bits per heavy atom. The molecule has 1 aromatic carbocycles. The maximum Gasteiger partial charge on any atom is 0.269 e. The highest BCUT2D eigenvalue weighted by atomic mass is 16.6. The minimum absolute atomic E-state index is 0.0783. The van der Waals surface area contributed by atoms with Crippen LogP contribution in [0.2, 0.25) is 0 Å². The molecule has 0 aliphatic carbocycles. The average Bonchev–Trinajstić information content (AvgIpc) is 3.00. The SMILES string of the molecule is Cc1cc(NCCNc2ccc([N+](=O)[O-])cc2)n2ncnc2n1. The number of non-ortho nitro benzene ring substituents is 1. The molecule has 2 heterocycles. The van der Waals surface area contributed by atoms with Gasteiger partial charge in [0, 0.05) is 42.7 Å². The third kappa shape index (κ3) is 3.34. The molecule has 0 radical (unpaired) electrons. The van der Waals surface area contributed by atoms with Gasteiger partial charge < -0.3 is 10.6 Å². The molecular weight excluding hydrogens is 298 g/mol. The normalized spacial score (nSPS) is 10.7. The minimum atomic E-state index is -0.416. The summed E-state index contributed by atoms with van der Waals surface area (Å²) in [5, 5.41) is 21.2. The van der Waals surface area contributed by atoms with Gasteiger partial charge in [-0.2, -0.15) is 14.6 Å². The van der Waals surface area contributed by atoms with Crippen LogP contribution in [0, 0.1) is 17.0 Å². The molecule has 23 heavy (non-hydrogen) atoms. The first-order chi connectivity index (χ1) is 11.1. The summed E-state index contributed by atoms with van der Waals surface area (Å²) in [6.07, 6.45) is 1.46. The third-order valence-electron chi connectivity index (χ3n) is 3.22. The maximum absolute atomic E-state index is 10.6. The van der Waals surface area contributed by atoms with Crippen molar-refractivity contribution in [3.05, 3.63) is 52.5 Å². The van der Waals surface area contributed by atoms with E-state index < -0.39 is 4.92 Å². The molecule has 0 aliphatic heterocycles. The number of nitrogens with one attached hydrogen (secondary N) is 2. The molecule has 2 N–H and O–H groups in total. The highest BCUT2D eigenvalue weighted by molar-refractivity contribution is 5.49. The molecule has 3 rings (SSSR count). The number of fused-ring (bicyclic) bond motifs is 1. The predicted octanol–water partition coefficient (Wildman–Crippen LogP) is 1.86. The van der Waals surface area contributed by atoms with Crippen LogP contribution in [0.1, 0.15) is 5.69 Å². The highest BCUT2D eigenvalue weighted by Gasteiger charge is 2.05. The summed E-state index contributed by atoms with van der Waals surface area (Å²) in [6.45, 7) is 3.19. The summed E-state index contributed by atoms with van der Waals surface area (Å²) >= 11 is 0. The lowest BCUT2D eigenvalue weighted by Gasteiger charge is -2.10. The Morgan fingerprint density at radius 1 is 1.22 bits per heavy atom. The molecule has 118 valence electrons. The molecule has 9 heteroatoms. The number of nitro groups is 1. The molecule has 3 aromatic rings. The van der Waals surface area contributed by atoms with Crippen molar-refractivity contribution in [2.75, 3.05) is 23.7 Å². The molecule has 0 aliphatic rings. The molecule has 2 aromatic heterocycles. The van der Waals surface area contributed by atoms with Crippen LogP contribution < -0.4 is 10.6 Å². The number of benzene rings is 1. The number of hydrogen-bond acceptors (Lipinski definition) is 7. The second kappa shape index (κ2) is 6.26. The second-order valence-corrected chi connectivity index (χ2v) is 4.91. The number of rotatable bonds is 6. The second-order valence-electron chi connectivity index (χ2n) is 4.91. The lowest BCUT2D eigenvalue weighted by Crippen LogP contribution is -2.16. The monoisotopic (exact) mass is 313 g/mol. The molecule has 0 atom stereocenters. The van der Waals surface area contributed by atoms with E-state index >= 15 is 0 Å². The fourth-order valence-electron chi connectivity index (χ4n) is 2.15. The minimum Gasteiger partial charge on any atom is -0.383 e. The number of nitro benzene ring substituents is 1. The molecule has 0 spiro atoms. The molecule has 0 saturated carbocycles. The highest BCUT2D eigenvalue weighted by Crippen LogP contribution is 2.15. The van der Waals surface area contributed by atoms with E-state index in [9.17, 15) is 10.1 Å². The van der Waals surface area contributed by atoms with Gasteiger partial charge in [0.2, 0.25) is 0 Å². The lowest BCUT2D eigenvalue weighted by molar-refractivity contribution is -0.384. The zero-order valence-corrected chi connectivity index (χ0v) is 12.4. The van der Waals surface area contributed by atoms with E-state index in [2.05, 4.69) is 25.7 Å². The number of aromatic nitrogens is 4. The van der Waals surface area contributed by atoms with Gasteiger partial charge >= 0.3 is 0 Å². The molecular formula is C14H15N7O2. The van der Waals surface area contributed by atoms with Crippen molar-refractivity contribution in [1.29, 1.82) is 0 Å². The fraction of sp³-hybridized carbons (Fsp3) is 0.214. The lowest BCUT2D eigenvalue weighted by atomic mass is 10.3. The Kier molecular flexibility index (Phi) is 4.00. The Bertz CT molecular complexity index is 829. The summed E-state index contributed by atoms with van der Waals surface area (Å²) in [5.41, 5.74) is 1.76. The van der Waals surface area contributed by atoms with Crippen molar-refractivity contribution in [3.8, 4) is 0 Å². The molecule has 0 bridgehead atoms. The van der Waals surface area contributed by atoms with Crippen LogP contribution in [0.15, 0.2) is 36.7 Å². The van der Waals surface area contributed by atoms with E-state index in [4.69, 9.17) is 0 Å². The smallest absolute Gasteiger partial charge is 0.269 e. The summed E-state index contributed by atoms with van der Waals surface area (Å²) in [7, 11) is 0. The van der Waals surface area contributed by atoms with E-state index in [1.807, 2.05) is 13.0 Å². The Labute approximate surface area is 131 Å². The molecule has 9 nitrogen and oxygen atoms in total. The van der Waals surface area contributed by atoms with E-state index in [0.29, 0.717) is 18.9 Å². The van der Waals surface area contributed by atoms with Crippen LogP contribution in [0.3, 0.4) is 0 Å². The Balaban J connectivity index is 1.56. The first-order valence-electron chi connectivity index (χ1n) is 7.03. The predicted molar refractivity (Wildman–Crippen MR) is 85.6 cm³/mol. The molecule has 0 amide bonds. The van der Waals surface area contributed by atoms with Gasteiger partial charge in [-0.15, -0.1) is 0 Å². The average molecular weight is 313 g/mol. The van der Waals surface area contributed by atoms with Crippen molar-refractivity contribution in [3.63, 3.8) is 0 Å². The fourth-order valence-corrected chi connectivity index (χ4v) is 2.15. The molecule has 0 unspecified atom stereocenters. The zero-order valence-electron chi connectivity index (χ0n) is 12.4. The largest absolute Gasteiger partial charge is 0.383 e. The van der Waals surface area contributed by atoms with Gasteiger partial charge in [-0.05, 0) is 19.1 Å². The first-order valence-corrected chi connectivity index (χ1v) is 7.03. The van der Waals surface area contributed by atoms with Gasteiger partial charge in [0.1, 0.15) is 12.1 Å². The zero-order chi connectivity index (χ0) is 16.2. The number of aryl methyl sites for hydroxylation is 1. The standard InChI is InChI=1S/C14H15N7O2/c1-10-8-13(20-14(19-10)17-9-18-20)16-7-6-15-11-2-4-12(5-3-11)21(22)23/h2-5,8-9,15-16H,6-7H2,1H3. The Morgan fingerprint density at radius 2 is 1.96 bits per heavy atom. The summed E-state index contributed by atoms with van der Waals surface area (Å²) in [4.78, 5) is 18.5. The number of anilines is 2. The molecule has 0 saturated heterocycles. The van der Waals surface area contributed by atoms with Gasteiger partial charge in [-0.25, -0.2) is 4.98 Å². The summed E-state index contributed by atoms with van der Waals surface area (Å²) < 4.78 is 1.64. The van der Waals surface area contributed by atoms with Crippen LogP contribution in [0.25, 0.3) is 5.78 Å². The van der Waals surface area contributed by atoms with Crippen LogP contribution in [0.4, 0.5) is 17.2 Å². The van der Waals surface area contributed by atoms with Crippen molar-refractivity contribution in [2.24, 2.45) is 0 Å². The first kappa shape index (κ1) is 14.7. The number of hydrogen-bond donors (Lipinski definition) is 2. The van der Waals surface area contributed by atoms with Gasteiger partial charge in [0.05, 0.1) is 4.92 Å². The molecule has 0 fully saturated rings. The van der Waals surface area contributed by atoms with Crippen molar-refractivity contribution in [1.82, 2.24) is 19.6 Å². The maximum atomic E-state index is 10.6. The third-order valence-corrected chi connectivity index (χ3v) is 3.22. The quantitative estimate of drug-likeness (QED) is 0.406. The number of nitrogens with zero attached hydrogens (tertiary/aromatic N) is 5. The van der Waals surface area contributed by atoms with Crippen molar-refractivity contribution in [2.45, 2.75) is 6.92 Å². The van der Waals surface area contributed by atoms with Crippen molar-refractivity contribution >= 4 is 23.0 Å². The van der Waals surface area contributed by atoms with Gasteiger partial charge in [0.15, 0.2) is 0 Å². The van der Waals surface area contributed by atoms with Gasteiger partial charge in [-0.3, -0.25) is 10.1 Å². The van der Waals surface area contributed by atoms with E-state index in [-0.39, 0.29) is 5.69 Å². The van der Waals surface area contributed by atoms with Crippen LogP contribution >= 0.6 is 0 Å². The van der Waals surface area contributed by atoms with E-state index in [0.717, 1.165) is 17.2 Å². The van der Waals surface area contributed by atoms with Crippen molar-refractivity contribution < 1.29 is 4.92 Å². The van der Waals surface area contributed by atoms with Crippen LogP contribution in [0.5, 0.6) is 0 Å². The topological polar surface area (TPSA) is 110 Å².